The van der Waals surface area contributed by atoms with Gasteiger partial charge in [0.2, 0.25) is 0 Å². The molecule has 2 atom stereocenters. The molecule has 0 amide bonds. The minimum absolute atomic E-state index is 0.369. The van der Waals surface area contributed by atoms with E-state index in [0.29, 0.717) is 12.3 Å². The fourth-order valence-corrected chi connectivity index (χ4v) is 3.40. The van der Waals surface area contributed by atoms with Gasteiger partial charge in [-0.05, 0) is 50.6 Å². The van der Waals surface area contributed by atoms with Crippen molar-refractivity contribution in [3.05, 3.63) is 0 Å². The van der Waals surface area contributed by atoms with Crippen molar-refractivity contribution >= 4 is 5.97 Å². The molecule has 0 aromatic carbocycles. The van der Waals surface area contributed by atoms with E-state index in [1.165, 1.54) is 19.3 Å². The molecule has 2 aliphatic rings. The number of likely N-dealkylation sites (tertiary alicyclic amines) is 1. The minimum atomic E-state index is -0.632. The highest BCUT2D eigenvalue weighted by Crippen LogP contribution is 2.32. The van der Waals surface area contributed by atoms with E-state index < -0.39 is 5.97 Å². The molecule has 0 bridgehead atoms. The predicted octanol–water partition coefficient (Wildman–Crippen LogP) is 2.36. The molecule has 16 heavy (non-hydrogen) atoms. The molecule has 3 heteroatoms. The van der Waals surface area contributed by atoms with Gasteiger partial charge in [-0.1, -0.05) is 13.3 Å². The lowest BCUT2D eigenvalue weighted by molar-refractivity contribution is -0.138. The van der Waals surface area contributed by atoms with Crippen LogP contribution in [0.2, 0.25) is 0 Å². The van der Waals surface area contributed by atoms with Crippen LogP contribution in [-0.4, -0.2) is 35.1 Å². The number of carboxylic acids is 1. The van der Waals surface area contributed by atoms with Gasteiger partial charge in [-0.2, -0.15) is 0 Å². The number of aliphatic carboxylic acids is 1. The standard InChI is InChI=1S/C13H23NO2/c1-10-3-2-4-12(10)14-7-5-11(6-8-14)9-13(15)16/h10-12H,2-9H2,1H3,(H,15,16). The SMILES string of the molecule is CC1CCCC1N1CCC(CC(=O)O)CC1. The van der Waals surface area contributed by atoms with E-state index in [2.05, 4.69) is 11.8 Å². The van der Waals surface area contributed by atoms with E-state index in [9.17, 15) is 4.79 Å². The van der Waals surface area contributed by atoms with Crippen molar-refractivity contribution in [2.24, 2.45) is 11.8 Å². The summed E-state index contributed by atoms with van der Waals surface area (Å²) < 4.78 is 0. The summed E-state index contributed by atoms with van der Waals surface area (Å²) in [6.45, 7) is 4.60. The first-order valence-corrected chi connectivity index (χ1v) is 6.62. The Kier molecular flexibility index (Phi) is 3.85. The molecule has 2 unspecified atom stereocenters. The molecule has 2 rings (SSSR count). The van der Waals surface area contributed by atoms with Gasteiger partial charge in [0.1, 0.15) is 0 Å². The summed E-state index contributed by atoms with van der Waals surface area (Å²) in [6, 6.07) is 0.783. The Labute approximate surface area is 97.8 Å². The van der Waals surface area contributed by atoms with E-state index in [-0.39, 0.29) is 0 Å². The molecule has 1 saturated heterocycles. The van der Waals surface area contributed by atoms with Crippen LogP contribution < -0.4 is 0 Å². The van der Waals surface area contributed by atoms with Crippen LogP contribution in [-0.2, 0) is 4.79 Å². The maximum atomic E-state index is 10.6. The third kappa shape index (κ3) is 2.76. The molecular weight excluding hydrogens is 202 g/mol. The van der Waals surface area contributed by atoms with Crippen molar-refractivity contribution < 1.29 is 9.90 Å². The molecule has 1 heterocycles. The summed E-state index contributed by atoms with van der Waals surface area (Å²) in [4.78, 5) is 13.3. The highest BCUT2D eigenvalue weighted by Gasteiger charge is 2.31. The normalized spacial score (nSPS) is 33.1. The van der Waals surface area contributed by atoms with Gasteiger partial charge in [-0.3, -0.25) is 4.79 Å². The quantitative estimate of drug-likeness (QED) is 0.801. The zero-order chi connectivity index (χ0) is 11.5. The van der Waals surface area contributed by atoms with Gasteiger partial charge in [0.25, 0.3) is 0 Å². The van der Waals surface area contributed by atoms with Gasteiger partial charge in [0.05, 0.1) is 0 Å². The number of piperidine rings is 1. The Morgan fingerprint density at radius 2 is 1.94 bits per heavy atom. The maximum absolute atomic E-state index is 10.6. The maximum Gasteiger partial charge on any atom is 0.303 e. The van der Waals surface area contributed by atoms with Gasteiger partial charge in [0.15, 0.2) is 0 Å². The first-order valence-electron chi connectivity index (χ1n) is 6.62. The van der Waals surface area contributed by atoms with Crippen molar-refractivity contribution in [3.8, 4) is 0 Å². The topological polar surface area (TPSA) is 40.5 Å². The first-order chi connectivity index (χ1) is 7.66. The van der Waals surface area contributed by atoms with Crippen molar-refractivity contribution in [1.29, 1.82) is 0 Å². The zero-order valence-corrected chi connectivity index (χ0v) is 10.2. The monoisotopic (exact) mass is 225 g/mol. The van der Waals surface area contributed by atoms with Crippen LogP contribution in [0.15, 0.2) is 0 Å². The van der Waals surface area contributed by atoms with E-state index in [4.69, 9.17) is 5.11 Å². The molecule has 1 saturated carbocycles. The number of carbonyl (C=O) groups is 1. The van der Waals surface area contributed by atoms with Gasteiger partial charge >= 0.3 is 5.97 Å². The third-order valence-corrected chi connectivity index (χ3v) is 4.40. The van der Waals surface area contributed by atoms with Crippen molar-refractivity contribution in [1.82, 2.24) is 4.90 Å². The predicted molar refractivity (Wildman–Crippen MR) is 63.4 cm³/mol. The molecule has 0 aromatic rings. The Hall–Kier alpha value is -0.570. The Morgan fingerprint density at radius 3 is 2.44 bits per heavy atom. The summed E-state index contributed by atoms with van der Waals surface area (Å²) in [5.74, 6) is 0.633. The smallest absolute Gasteiger partial charge is 0.303 e. The van der Waals surface area contributed by atoms with Crippen LogP contribution in [0.4, 0.5) is 0 Å². The summed E-state index contributed by atoms with van der Waals surface area (Å²) in [5.41, 5.74) is 0. The Morgan fingerprint density at radius 1 is 1.25 bits per heavy atom. The summed E-state index contributed by atoms with van der Waals surface area (Å²) in [7, 11) is 0. The Balaban J connectivity index is 1.78. The molecule has 2 fully saturated rings. The molecule has 1 N–H and O–H groups in total. The van der Waals surface area contributed by atoms with Crippen molar-refractivity contribution in [3.63, 3.8) is 0 Å². The van der Waals surface area contributed by atoms with Gasteiger partial charge in [-0.15, -0.1) is 0 Å². The average Bonchev–Trinajstić information content (AvgIpc) is 2.65. The largest absolute Gasteiger partial charge is 0.481 e. The lowest BCUT2D eigenvalue weighted by Crippen LogP contribution is -2.42. The van der Waals surface area contributed by atoms with E-state index >= 15 is 0 Å². The second-order valence-corrected chi connectivity index (χ2v) is 5.55. The van der Waals surface area contributed by atoms with Crippen LogP contribution in [0.25, 0.3) is 0 Å². The second kappa shape index (κ2) is 5.17. The first kappa shape index (κ1) is 11.9. The van der Waals surface area contributed by atoms with E-state index in [1.54, 1.807) is 0 Å². The molecular formula is C13H23NO2. The van der Waals surface area contributed by atoms with Crippen LogP contribution in [0.3, 0.4) is 0 Å². The number of hydrogen-bond donors (Lipinski definition) is 1. The van der Waals surface area contributed by atoms with E-state index in [1.807, 2.05) is 0 Å². The molecule has 92 valence electrons. The van der Waals surface area contributed by atoms with Gasteiger partial charge in [0, 0.05) is 12.5 Å². The van der Waals surface area contributed by atoms with E-state index in [0.717, 1.165) is 37.9 Å². The van der Waals surface area contributed by atoms with Gasteiger partial charge in [-0.25, -0.2) is 0 Å². The van der Waals surface area contributed by atoms with Crippen LogP contribution >= 0.6 is 0 Å². The fourth-order valence-electron chi connectivity index (χ4n) is 3.40. The molecule has 0 radical (unpaired) electrons. The second-order valence-electron chi connectivity index (χ2n) is 5.55. The number of rotatable bonds is 3. The minimum Gasteiger partial charge on any atom is -0.481 e. The number of nitrogens with zero attached hydrogens (tertiary/aromatic N) is 1. The fraction of sp³-hybridized carbons (Fsp3) is 0.923. The van der Waals surface area contributed by atoms with Crippen molar-refractivity contribution in [2.45, 2.75) is 51.5 Å². The molecule has 1 aliphatic heterocycles. The lowest BCUT2D eigenvalue weighted by Gasteiger charge is -2.37. The van der Waals surface area contributed by atoms with Crippen LogP contribution in [0.5, 0.6) is 0 Å². The Bertz CT molecular complexity index is 246. The van der Waals surface area contributed by atoms with Crippen LogP contribution in [0, 0.1) is 11.8 Å². The molecule has 0 aromatic heterocycles. The summed E-state index contributed by atoms with van der Waals surface area (Å²) >= 11 is 0. The number of carboxylic acid groups (broad SMARTS) is 1. The third-order valence-electron chi connectivity index (χ3n) is 4.40. The summed E-state index contributed by atoms with van der Waals surface area (Å²) in [5, 5.41) is 8.77. The molecule has 3 nitrogen and oxygen atoms in total. The highest BCUT2D eigenvalue weighted by atomic mass is 16.4. The zero-order valence-electron chi connectivity index (χ0n) is 10.2. The molecule has 1 aliphatic carbocycles. The highest BCUT2D eigenvalue weighted by molar-refractivity contribution is 5.67. The number of hydrogen-bond acceptors (Lipinski definition) is 2. The van der Waals surface area contributed by atoms with Crippen LogP contribution in [0.1, 0.15) is 45.4 Å². The van der Waals surface area contributed by atoms with Gasteiger partial charge < -0.3 is 10.0 Å². The lowest BCUT2D eigenvalue weighted by atomic mass is 9.91. The average molecular weight is 225 g/mol. The van der Waals surface area contributed by atoms with Crippen molar-refractivity contribution in [2.75, 3.05) is 13.1 Å². The molecule has 0 spiro atoms. The summed E-state index contributed by atoms with van der Waals surface area (Å²) in [6.07, 6.45) is 6.63.